The van der Waals surface area contributed by atoms with Crippen LogP contribution in [0.15, 0.2) is 30.3 Å². The molecule has 2 aliphatic heterocycles. The molecule has 1 aromatic carbocycles. The van der Waals surface area contributed by atoms with Gasteiger partial charge in [-0.2, -0.15) is 0 Å². The highest BCUT2D eigenvalue weighted by Crippen LogP contribution is 2.41. The number of fused-ring (bicyclic) bond motifs is 1. The third-order valence-corrected chi connectivity index (χ3v) is 3.93. The zero-order valence-corrected chi connectivity index (χ0v) is 7.95. The van der Waals surface area contributed by atoms with E-state index >= 15 is 0 Å². The first-order valence-corrected chi connectivity index (χ1v) is 5.29. The number of hydrogen-bond acceptors (Lipinski definition) is 0. The van der Waals surface area contributed by atoms with Crippen molar-refractivity contribution in [3.05, 3.63) is 35.9 Å². The number of rotatable bonds is 2. The quantitative estimate of drug-likeness (QED) is 0.603. The monoisotopic (exact) mass is 174 g/mol. The van der Waals surface area contributed by atoms with E-state index in [4.69, 9.17) is 0 Å². The lowest BCUT2D eigenvalue weighted by molar-refractivity contribution is -1.04. The van der Waals surface area contributed by atoms with Gasteiger partial charge in [-0.05, 0) is 0 Å². The number of hydrogen-bond donors (Lipinski definition) is 0. The van der Waals surface area contributed by atoms with Crippen molar-refractivity contribution in [2.45, 2.75) is 25.4 Å². The predicted molar refractivity (Wildman–Crippen MR) is 53.2 cm³/mol. The van der Waals surface area contributed by atoms with Crippen molar-refractivity contribution < 1.29 is 4.48 Å². The summed E-state index contributed by atoms with van der Waals surface area (Å²) in [6.45, 7) is 4.14. The Morgan fingerprint density at radius 3 is 2.23 bits per heavy atom. The van der Waals surface area contributed by atoms with Crippen LogP contribution in [0.4, 0.5) is 0 Å². The smallest absolute Gasteiger partial charge is 0.105 e. The van der Waals surface area contributed by atoms with Gasteiger partial charge in [0.2, 0.25) is 0 Å². The van der Waals surface area contributed by atoms with Gasteiger partial charge in [-0.3, -0.25) is 0 Å². The third kappa shape index (κ3) is 1.03. The maximum atomic E-state index is 2.26. The molecule has 0 amide bonds. The van der Waals surface area contributed by atoms with Crippen LogP contribution < -0.4 is 0 Å². The zero-order valence-electron chi connectivity index (χ0n) is 7.95. The molecule has 3 rings (SSSR count). The van der Waals surface area contributed by atoms with Crippen LogP contribution in [0, 0.1) is 0 Å². The first kappa shape index (κ1) is 7.57. The van der Waals surface area contributed by atoms with Crippen molar-refractivity contribution in [2.75, 3.05) is 13.1 Å². The Balaban J connectivity index is 1.76. The molecular formula is C12H16N+. The largest absolute Gasteiger partial charge is 0.317 e. The fourth-order valence-electron chi connectivity index (χ4n) is 2.84. The first-order chi connectivity index (χ1) is 6.39. The summed E-state index contributed by atoms with van der Waals surface area (Å²) < 4.78 is 1.41. The second kappa shape index (κ2) is 2.58. The maximum absolute atomic E-state index is 2.26. The van der Waals surface area contributed by atoms with E-state index < -0.39 is 0 Å². The highest BCUT2D eigenvalue weighted by Gasteiger charge is 2.53. The van der Waals surface area contributed by atoms with Crippen LogP contribution in [0.1, 0.15) is 18.4 Å². The van der Waals surface area contributed by atoms with Crippen molar-refractivity contribution in [3.8, 4) is 0 Å². The van der Waals surface area contributed by atoms with E-state index in [9.17, 15) is 0 Å². The summed E-state index contributed by atoms with van der Waals surface area (Å²) in [5, 5.41) is 0. The molecule has 0 atom stereocenters. The summed E-state index contributed by atoms with van der Waals surface area (Å²) in [7, 11) is 0. The molecular weight excluding hydrogens is 158 g/mol. The topological polar surface area (TPSA) is 0 Å². The van der Waals surface area contributed by atoms with Crippen molar-refractivity contribution >= 4 is 0 Å². The van der Waals surface area contributed by atoms with Gasteiger partial charge >= 0.3 is 0 Å². The molecule has 0 unspecified atom stereocenters. The molecule has 2 fully saturated rings. The fourth-order valence-corrected chi connectivity index (χ4v) is 2.84. The van der Waals surface area contributed by atoms with E-state index in [-0.39, 0.29) is 0 Å². The van der Waals surface area contributed by atoms with Crippen LogP contribution in [0.25, 0.3) is 0 Å². The molecule has 0 aliphatic carbocycles. The number of quaternary nitrogens is 1. The molecule has 68 valence electrons. The van der Waals surface area contributed by atoms with Crippen LogP contribution in [0.5, 0.6) is 0 Å². The van der Waals surface area contributed by atoms with Gasteiger partial charge in [0.05, 0.1) is 13.1 Å². The van der Waals surface area contributed by atoms with E-state index in [0.29, 0.717) is 0 Å². The predicted octanol–water partition coefficient (Wildman–Crippen LogP) is 2.18. The lowest BCUT2D eigenvalue weighted by Gasteiger charge is -2.60. The van der Waals surface area contributed by atoms with Gasteiger partial charge < -0.3 is 4.48 Å². The highest BCUT2D eigenvalue weighted by molar-refractivity contribution is 5.14. The van der Waals surface area contributed by atoms with Crippen LogP contribution in [-0.2, 0) is 6.54 Å². The van der Waals surface area contributed by atoms with E-state index in [0.717, 1.165) is 6.04 Å². The summed E-state index contributed by atoms with van der Waals surface area (Å²) in [4.78, 5) is 0. The summed E-state index contributed by atoms with van der Waals surface area (Å²) in [6, 6.07) is 12.0. The molecule has 0 radical (unpaired) electrons. The molecule has 2 aliphatic rings. The van der Waals surface area contributed by atoms with Gasteiger partial charge in [0.1, 0.15) is 12.6 Å². The minimum absolute atomic E-state index is 1.03. The third-order valence-electron chi connectivity index (χ3n) is 3.93. The zero-order chi connectivity index (χ0) is 8.73. The van der Waals surface area contributed by atoms with Gasteiger partial charge in [-0.15, -0.1) is 0 Å². The molecule has 2 saturated heterocycles. The standard InChI is InChI=1S/C12H16N/c1-2-4-11(5-3-1)10-13-8-6-12(13)7-9-13/h1-5,12H,6-10H2/q+1. The summed E-state index contributed by atoms with van der Waals surface area (Å²) >= 11 is 0. The molecule has 0 aromatic heterocycles. The van der Waals surface area contributed by atoms with E-state index in [2.05, 4.69) is 30.3 Å². The molecule has 2 heterocycles. The minimum atomic E-state index is 1.03. The Kier molecular flexibility index (Phi) is 1.50. The lowest BCUT2D eigenvalue weighted by atomic mass is 9.84. The fraction of sp³-hybridized carbons (Fsp3) is 0.500. The first-order valence-electron chi connectivity index (χ1n) is 5.29. The maximum Gasteiger partial charge on any atom is 0.105 e. The number of piperidine rings is 1. The van der Waals surface area contributed by atoms with Gasteiger partial charge in [0.25, 0.3) is 0 Å². The Bertz CT molecular complexity index is 296. The SMILES string of the molecule is c1ccc(C[N+]23CCC2CC3)cc1. The number of nitrogens with zero attached hydrogens (tertiary/aromatic N) is 1. The van der Waals surface area contributed by atoms with Gasteiger partial charge in [0, 0.05) is 18.4 Å². The average Bonchev–Trinajstić information content (AvgIpc) is 2.17. The molecule has 0 N–H and O–H groups in total. The molecule has 0 bridgehead atoms. The Morgan fingerprint density at radius 2 is 1.77 bits per heavy atom. The molecule has 0 saturated carbocycles. The van der Waals surface area contributed by atoms with Crippen LogP contribution >= 0.6 is 0 Å². The summed E-state index contributed by atoms with van der Waals surface area (Å²) in [5.74, 6) is 0. The minimum Gasteiger partial charge on any atom is -0.317 e. The van der Waals surface area contributed by atoms with Gasteiger partial charge in [-0.25, -0.2) is 0 Å². The molecule has 1 heteroatoms. The van der Waals surface area contributed by atoms with Crippen molar-refractivity contribution in [1.82, 2.24) is 0 Å². The summed E-state index contributed by atoms with van der Waals surface area (Å²) in [6.07, 6.45) is 2.96. The number of benzene rings is 1. The van der Waals surface area contributed by atoms with Gasteiger partial charge in [0.15, 0.2) is 0 Å². The molecule has 0 spiro atoms. The van der Waals surface area contributed by atoms with Crippen molar-refractivity contribution in [1.29, 1.82) is 0 Å². The van der Waals surface area contributed by atoms with E-state index in [1.807, 2.05) is 0 Å². The summed E-state index contributed by atoms with van der Waals surface area (Å²) in [5.41, 5.74) is 1.52. The Morgan fingerprint density at radius 1 is 1.08 bits per heavy atom. The average molecular weight is 174 g/mol. The van der Waals surface area contributed by atoms with Crippen molar-refractivity contribution in [2.24, 2.45) is 0 Å². The molecule has 1 aromatic rings. The van der Waals surface area contributed by atoms with E-state index in [1.165, 1.54) is 42.5 Å². The lowest BCUT2D eigenvalue weighted by Crippen LogP contribution is -2.72. The second-order valence-electron chi connectivity index (χ2n) is 4.54. The van der Waals surface area contributed by atoms with Crippen LogP contribution in [0.2, 0.25) is 0 Å². The highest BCUT2D eigenvalue weighted by atomic mass is 15.5. The normalized spacial score (nSPS) is 35.8. The Hall–Kier alpha value is -0.820. The molecule has 13 heavy (non-hydrogen) atoms. The van der Waals surface area contributed by atoms with Gasteiger partial charge in [-0.1, -0.05) is 30.3 Å². The molecule has 1 nitrogen and oxygen atoms in total. The van der Waals surface area contributed by atoms with Crippen molar-refractivity contribution in [3.63, 3.8) is 0 Å². The van der Waals surface area contributed by atoms with Crippen LogP contribution in [0.3, 0.4) is 0 Å². The van der Waals surface area contributed by atoms with Crippen LogP contribution in [-0.4, -0.2) is 23.6 Å². The Labute approximate surface area is 79.6 Å². The van der Waals surface area contributed by atoms with E-state index in [1.54, 1.807) is 0 Å². The second-order valence-corrected chi connectivity index (χ2v) is 4.54.